The molecule has 6 rings (SSSR count). The fourth-order valence-corrected chi connectivity index (χ4v) is 4.96. The summed E-state index contributed by atoms with van der Waals surface area (Å²) >= 11 is 0. The Bertz CT molecular complexity index is 1810. The molecule has 11 nitrogen and oxygen atoms in total. The molecule has 4 aromatic carbocycles. The Morgan fingerprint density at radius 1 is 0.574 bits per heavy atom. The minimum absolute atomic E-state index is 0.0422. The van der Waals surface area contributed by atoms with E-state index in [1.165, 1.54) is 12.2 Å². The molecular formula is C43H44O11. The summed E-state index contributed by atoms with van der Waals surface area (Å²) in [6.07, 6.45) is 6.88. The lowest BCUT2D eigenvalue weighted by molar-refractivity contribution is -0.138. The van der Waals surface area contributed by atoms with Gasteiger partial charge < -0.3 is 43.0 Å². The van der Waals surface area contributed by atoms with Gasteiger partial charge >= 0.3 is 11.9 Å². The van der Waals surface area contributed by atoms with Gasteiger partial charge in [0.05, 0.1) is 26.4 Å². The second kappa shape index (κ2) is 20.0. The molecular weight excluding hydrogens is 692 g/mol. The Kier molecular flexibility index (Phi) is 14.1. The highest BCUT2D eigenvalue weighted by Crippen LogP contribution is 2.19. The molecule has 0 amide bonds. The van der Waals surface area contributed by atoms with E-state index in [-0.39, 0.29) is 38.6 Å². The summed E-state index contributed by atoms with van der Waals surface area (Å²) in [5.74, 6) is 1.89. The molecule has 0 aliphatic carbocycles. The third-order valence-corrected chi connectivity index (χ3v) is 8.26. The number of benzene rings is 4. The van der Waals surface area contributed by atoms with Crippen molar-refractivity contribution in [1.29, 1.82) is 0 Å². The van der Waals surface area contributed by atoms with E-state index in [0.29, 0.717) is 37.6 Å². The maximum absolute atomic E-state index is 12.2. The normalized spacial score (nSPS) is 16.5. The molecule has 0 saturated carbocycles. The van der Waals surface area contributed by atoms with E-state index in [9.17, 15) is 14.7 Å². The van der Waals surface area contributed by atoms with Crippen LogP contribution in [0.5, 0.6) is 23.0 Å². The zero-order valence-electron chi connectivity index (χ0n) is 29.9. The molecule has 2 aliphatic rings. The molecule has 1 N–H and O–H groups in total. The van der Waals surface area contributed by atoms with Gasteiger partial charge in [0.15, 0.2) is 0 Å². The van der Waals surface area contributed by atoms with Gasteiger partial charge in [-0.3, -0.25) is 0 Å². The number of carbonyl (C=O) groups is 2. The van der Waals surface area contributed by atoms with Gasteiger partial charge in [0.25, 0.3) is 0 Å². The lowest BCUT2D eigenvalue weighted by Crippen LogP contribution is -2.25. The third-order valence-electron chi connectivity index (χ3n) is 8.26. The van der Waals surface area contributed by atoms with Gasteiger partial charge in [-0.2, -0.15) is 0 Å². The fraction of sp³-hybridized carbons (Fsp3) is 0.302. The van der Waals surface area contributed by atoms with E-state index in [2.05, 4.69) is 0 Å². The molecule has 2 aliphatic heterocycles. The summed E-state index contributed by atoms with van der Waals surface area (Å²) in [4.78, 5) is 24.3. The molecule has 11 heteroatoms. The number of aliphatic hydroxyl groups is 1. The predicted molar refractivity (Wildman–Crippen MR) is 201 cm³/mol. The first-order valence-corrected chi connectivity index (χ1v) is 17.9. The van der Waals surface area contributed by atoms with E-state index < -0.39 is 18.0 Å². The van der Waals surface area contributed by atoms with E-state index in [0.717, 1.165) is 47.0 Å². The van der Waals surface area contributed by atoms with Crippen molar-refractivity contribution in [2.24, 2.45) is 0 Å². The highest BCUT2D eigenvalue weighted by Gasteiger charge is 2.23. The number of carbonyl (C=O) groups excluding carboxylic acids is 2. The summed E-state index contributed by atoms with van der Waals surface area (Å²) in [6.45, 7) is 3.22. The Balaban J connectivity index is 0.803. The SMILES string of the molecule is O=C(/C=C/c1ccc(OCC2CO2)cc1)OCCc1ccc(OCC(O)COc2ccc(/C=C/C(=O)OCCc3ccc(OCC4CO4)cc3)cc2)cc1. The van der Waals surface area contributed by atoms with Crippen LogP contribution in [-0.2, 0) is 41.4 Å². The lowest BCUT2D eigenvalue weighted by atomic mass is 10.1. The van der Waals surface area contributed by atoms with E-state index >= 15 is 0 Å². The van der Waals surface area contributed by atoms with Crippen molar-refractivity contribution in [2.75, 3.05) is 52.9 Å². The zero-order chi connectivity index (χ0) is 37.4. The number of ether oxygens (including phenoxy) is 8. The molecule has 2 saturated heterocycles. The van der Waals surface area contributed by atoms with E-state index in [4.69, 9.17) is 37.9 Å². The van der Waals surface area contributed by atoms with Crippen molar-refractivity contribution in [2.45, 2.75) is 31.2 Å². The molecule has 2 heterocycles. The number of rotatable bonds is 22. The Morgan fingerprint density at radius 3 is 1.30 bits per heavy atom. The van der Waals surface area contributed by atoms with Gasteiger partial charge in [-0.15, -0.1) is 0 Å². The molecule has 3 unspecified atom stereocenters. The summed E-state index contributed by atoms with van der Waals surface area (Å²) < 4.78 is 43.6. The van der Waals surface area contributed by atoms with Crippen LogP contribution in [0.4, 0.5) is 0 Å². The monoisotopic (exact) mass is 736 g/mol. The van der Waals surface area contributed by atoms with Gasteiger partial charge in [-0.1, -0.05) is 48.5 Å². The van der Waals surface area contributed by atoms with Gasteiger partial charge in [0.1, 0.15) is 67.7 Å². The summed E-state index contributed by atoms with van der Waals surface area (Å²) in [5, 5.41) is 10.4. The predicted octanol–water partition coefficient (Wildman–Crippen LogP) is 5.66. The average Bonchev–Trinajstić information content (AvgIpc) is 4.15. The quantitative estimate of drug-likeness (QED) is 0.0609. The van der Waals surface area contributed by atoms with Crippen LogP contribution in [0.3, 0.4) is 0 Å². The van der Waals surface area contributed by atoms with Crippen molar-refractivity contribution in [3.8, 4) is 23.0 Å². The second-order valence-corrected chi connectivity index (χ2v) is 12.7. The smallest absolute Gasteiger partial charge is 0.330 e. The van der Waals surface area contributed by atoms with Crippen LogP contribution < -0.4 is 18.9 Å². The van der Waals surface area contributed by atoms with Crippen LogP contribution in [0.15, 0.2) is 109 Å². The van der Waals surface area contributed by atoms with E-state index in [1.807, 2.05) is 72.8 Å². The van der Waals surface area contributed by atoms with Gasteiger partial charge in [0, 0.05) is 25.0 Å². The van der Waals surface area contributed by atoms with Gasteiger partial charge in [0.2, 0.25) is 0 Å². The minimum Gasteiger partial charge on any atom is -0.491 e. The van der Waals surface area contributed by atoms with E-state index in [1.54, 1.807) is 36.4 Å². The highest BCUT2D eigenvalue weighted by atomic mass is 16.6. The zero-order valence-corrected chi connectivity index (χ0v) is 29.9. The Morgan fingerprint density at radius 2 is 0.926 bits per heavy atom. The molecule has 54 heavy (non-hydrogen) atoms. The van der Waals surface area contributed by atoms with Crippen LogP contribution in [-0.4, -0.2) is 88.2 Å². The molecule has 3 atom stereocenters. The van der Waals surface area contributed by atoms with Crippen molar-refractivity contribution >= 4 is 24.1 Å². The van der Waals surface area contributed by atoms with Crippen molar-refractivity contribution in [3.05, 3.63) is 131 Å². The Hall–Kier alpha value is -5.62. The standard InChI is InChI=1S/C43H44O11/c44-35(25-49-36-11-1-31(2-12-36)9-19-42(45)48-24-22-34-7-17-39(18-8-34)52-28-41-30-54-41)26-50-37-15-5-33(6-16-37)21-23-47-43(46)20-10-32-3-13-38(14-4-32)51-27-40-29-53-40/h1-20,35,40-41,44H,21-30H2/b19-9+,20-10+. The summed E-state index contributed by atoms with van der Waals surface area (Å²) in [6, 6.07) is 29.7. The maximum Gasteiger partial charge on any atom is 0.330 e. The fourth-order valence-electron chi connectivity index (χ4n) is 4.96. The molecule has 282 valence electrons. The van der Waals surface area contributed by atoms with Crippen LogP contribution in [0, 0.1) is 0 Å². The topological polar surface area (TPSA) is 135 Å². The average molecular weight is 737 g/mol. The number of epoxide rings is 2. The molecule has 0 radical (unpaired) electrons. The minimum atomic E-state index is -0.853. The summed E-state index contributed by atoms with van der Waals surface area (Å²) in [7, 11) is 0. The van der Waals surface area contributed by atoms with Crippen molar-refractivity contribution < 1.29 is 52.6 Å². The summed E-state index contributed by atoms with van der Waals surface area (Å²) in [5.41, 5.74) is 3.70. The molecule has 4 aromatic rings. The first-order chi connectivity index (χ1) is 26.4. The number of aliphatic hydroxyl groups excluding tert-OH is 1. The number of hydrogen-bond donors (Lipinski definition) is 1. The molecule has 2 fully saturated rings. The largest absolute Gasteiger partial charge is 0.491 e. The van der Waals surface area contributed by atoms with Gasteiger partial charge in [-0.25, -0.2) is 9.59 Å². The van der Waals surface area contributed by atoms with Gasteiger partial charge in [-0.05, 0) is 82.9 Å². The van der Waals surface area contributed by atoms with Crippen molar-refractivity contribution in [1.82, 2.24) is 0 Å². The molecule has 0 bridgehead atoms. The number of esters is 2. The maximum atomic E-state index is 12.2. The highest BCUT2D eigenvalue weighted by molar-refractivity contribution is 5.87. The van der Waals surface area contributed by atoms with Crippen molar-refractivity contribution in [3.63, 3.8) is 0 Å². The molecule has 0 spiro atoms. The second-order valence-electron chi connectivity index (χ2n) is 12.7. The number of hydrogen-bond acceptors (Lipinski definition) is 11. The lowest BCUT2D eigenvalue weighted by Gasteiger charge is -2.14. The first kappa shape index (κ1) is 38.1. The third kappa shape index (κ3) is 14.1. The van der Waals surface area contributed by atoms with Crippen LogP contribution in [0.25, 0.3) is 12.2 Å². The molecule has 0 aromatic heterocycles. The van der Waals surface area contributed by atoms with Crippen LogP contribution in [0.2, 0.25) is 0 Å². The van der Waals surface area contributed by atoms with Crippen LogP contribution >= 0.6 is 0 Å². The Labute approximate surface area is 314 Å². The first-order valence-electron chi connectivity index (χ1n) is 17.9. The van der Waals surface area contributed by atoms with Crippen LogP contribution in [0.1, 0.15) is 22.3 Å².